The zero-order valence-corrected chi connectivity index (χ0v) is 10.1. The molecule has 0 aromatic carbocycles. The zero-order valence-electron chi connectivity index (χ0n) is 10.1. The third kappa shape index (κ3) is 4.93. The van der Waals surface area contributed by atoms with Gasteiger partial charge in [-0.25, -0.2) is 0 Å². The maximum absolute atomic E-state index is 9.14. The molecule has 15 heavy (non-hydrogen) atoms. The highest BCUT2D eigenvalue weighted by atomic mass is 16.3. The number of aliphatic hydroxyl groups excluding tert-OH is 3. The molecule has 0 radical (unpaired) electrons. The van der Waals surface area contributed by atoms with Crippen molar-refractivity contribution >= 4 is 0 Å². The van der Waals surface area contributed by atoms with Crippen molar-refractivity contribution in [2.45, 2.75) is 39.2 Å². The smallest absolute Gasteiger partial charge is 0.0519 e. The molecule has 0 saturated carbocycles. The van der Waals surface area contributed by atoms with Crippen molar-refractivity contribution in [3.63, 3.8) is 0 Å². The van der Waals surface area contributed by atoms with Crippen LogP contribution < -0.4 is 5.32 Å². The van der Waals surface area contributed by atoms with Crippen LogP contribution in [0.2, 0.25) is 0 Å². The van der Waals surface area contributed by atoms with E-state index in [-0.39, 0.29) is 25.4 Å². The molecule has 0 bridgehead atoms. The monoisotopic (exact) mass is 219 g/mol. The lowest BCUT2D eigenvalue weighted by molar-refractivity contribution is 0.0598. The molecule has 0 aliphatic carbocycles. The highest BCUT2D eigenvalue weighted by molar-refractivity contribution is 4.85. The van der Waals surface area contributed by atoms with Crippen LogP contribution in [0.5, 0.6) is 0 Å². The van der Waals surface area contributed by atoms with E-state index in [0.29, 0.717) is 13.0 Å². The van der Waals surface area contributed by atoms with Crippen LogP contribution in [0.15, 0.2) is 0 Å². The fourth-order valence-corrected chi connectivity index (χ4v) is 1.23. The standard InChI is InChI=1S/C11H25NO3/c1-4-11(3,5-6-13)12-7-10(2,8-14)9-15/h12-15H,4-9H2,1-3H3. The molecule has 1 unspecified atom stereocenters. The largest absolute Gasteiger partial charge is 0.396 e. The van der Waals surface area contributed by atoms with Gasteiger partial charge in [0.1, 0.15) is 0 Å². The second-order valence-electron chi connectivity index (χ2n) is 4.87. The number of aliphatic hydroxyl groups is 3. The molecule has 0 saturated heterocycles. The van der Waals surface area contributed by atoms with Gasteiger partial charge in [0.15, 0.2) is 0 Å². The lowest BCUT2D eigenvalue weighted by Crippen LogP contribution is -2.49. The molecule has 0 aliphatic heterocycles. The van der Waals surface area contributed by atoms with Crippen LogP contribution in [0.1, 0.15) is 33.6 Å². The predicted octanol–water partition coefficient (Wildman–Crippen LogP) is 0.118. The van der Waals surface area contributed by atoms with E-state index >= 15 is 0 Å². The predicted molar refractivity (Wildman–Crippen MR) is 60.7 cm³/mol. The van der Waals surface area contributed by atoms with Crippen molar-refractivity contribution < 1.29 is 15.3 Å². The second kappa shape index (κ2) is 6.43. The first kappa shape index (κ1) is 14.8. The Hall–Kier alpha value is -0.160. The molecular weight excluding hydrogens is 194 g/mol. The summed E-state index contributed by atoms with van der Waals surface area (Å²) < 4.78 is 0. The van der Waals surface area contributed by atoms with Gasteiger partial charge in [0.2, 0.25) is 0 Å². The summed E-state index contributed by atoms with van der Waals surface area (Å²) >= 11 is 0. The van der Waals surface area contributed by atoms with Gasteiger partial charge < -0.3 is 20.6 Å². The molecule has 0 amide bonds. The highest BCUT2D eigenvalue weighted by Crippen LogP contribution is 2.18. The first-order valence-corrected chi connectivity index (χ1v) is 5.53. The molecule has 0 spiro atoms. The van der Waals surface area contributed by atoms with Crippen LogP contribution >= 0.6 is 0 Å². The minimum Gasteiger partial charge on any atom is -0.396 e. The number of rotatable bonds is 8. The summed E-state index contributed by atoms with van der Waals surface area (Å²) in [5.41, 5.74) is -0.619. The lowest BCUT2D eigenvalue weighted by atomic mass is 9.89. The summed E-state index contributed by atoms with van der Waals surface area (Å²) in [5.74, 6) is 0. The van der Waals surface area contributed by atoms with E-state index in [9.17, 15) is 0 Å². The summed E-state index contributed by atoms with van der Waals surface area (Å²) in [7, 11) is 0. The number of hydrogen-bond acceptors (Lipinski definition) is 4. The fraction of sp³-hybridized carbons (Fsp3) is 1.00. The molecule has 0 heterocycles. The van der Waals surface area contributed by atoms with Crippen molar-refractivity contribution in [2.75, 3.05) is 26.4 Å². The molecule has 0 aromatic rings. The third-order valence-electron chi connectivity index (χ3n) is 3.15. The SMILES string of the molecule is CCC(C)(CCO)NCC(C)(CO)CO. The van der Waals surface area contributed by atoms with Crippen molar-refractivity contribution in [3.05, 3.63) is 0 Å². The molecule has 4 N–H and O–H groups in total. The maximum atomic E-state index is 9.14. The van der Waals surface area contributed by atoms with Gasteiger partial charge in [0, 0.05) is 24.1 Å². The molecule has 0 aliphatic rings. The van der Waals surface area contributed by atoms with E-state index in [1.807, 2.05) is 13.8 Å². The van der Waals surface area contributed by atoms with Crippen molar-refractivity contribution in [3.8, 4) is 0 Å². The van der Waals surface area contributed by atoms with Gasteiger partial charge in [-0.05, 0) is 19.8 Å². The summed E-state index contributed by atoms with van der Waals surface area (Å²) in [4.78, 5) is 0. The molecule has 1 atom stereocenters. The molecule has 4 nitrogen and oxygen atoms in total. The quantitative estimate of drug-likeness (QED) is 0.468. The van der Waals surface area contributed by atoms with E-state index < -0.39 is 5.41 Å². The van der Waals surface area contributed by atoms with Crippen LogP contribution in [-0.2, 0) is 0 Å². The van der Waals surface area contributed by atoms with Gasteiger partial charge >= 0.3 is 0 Å². The number of hydrogen-bond donors (Lipinski definition) is 4. The highest BCUT2D eigenvalue weighted by Gasteiger charge is 2.27. The Bertz CT molecular complexity index is 171. The second-order valence-corrected chi connectivity index (χ2v) is 4.87. The van der Waals surface area contributed by atoms with Crippen LogP contribution in [0.4, 0.5) is 0 Å². The van der Waals surface area contributed by atoms with E-state index in [4.69, 9.17) is 15.3 Å². The van der Waals surface area contributed by atoms with Crippen molar-refractivity contribution in [2.24, 2.45) is 5.41 Å². The minimum absolute atomic E-state index is 0.0462. The first-order valence-electron chi connectivity index (χ1n) is 5.53. The van der Waals surface area contributed by atoms with Gasteiger partial charge in [-0.2, -0.15) is 0 Å². The fourth-order valence-electron chi connectivity index (χ4n) is 1.23. The Morgan fingerprint density at radius 3 is 1.93 bits per heavy atom. The Morgan fingerprint density at radius 2 is 1.60 bits per heavy atom. The average Bonchev–Trinajstić information content (AvgIpc) is 2.26. The maximum Gasteiger partial charge on any atom is 0.0519 e. The van der Waals surface area contributed by atoms with E-state index in [2.05, 4.69) is 12.2 Å². The topological polar surface area (TPSA) is 72.7 Å². The number of nitrogens with one attached hydrogen (secondary N) is 1. The average molecular weight is 219 g/mol. The van der Waals surface area contributed by atoms with Crippen LogP contribution in [0.25, 0.3) is 0 Å². The van der Waals surface area contributed by atoms with E-state index in [0.717, 1.165) is 6.42 Å². The van der Waals surface area contributed by atoms with E-state index in [1.165, 1.54) is 0 Å². The Kier molecular flexibility index (Phi) is 6.36. The van der Waals surface area contributed by atoms with Gasteiger partial charge in [-0.3, -0.25) is 0 Å². The summed E-state index contributed by atoms with van der Waals surface area (Å²) in [6.45, 7) is 6.52. The van der Waals surface area contributed by atoms with Crippen LogP contribution in [0, 0.1) is 5.41 Å². The van der Waals surface area contributed by atoms with Gasteiger partial charge in [-0.15, -0.1) is 0 Å². The first-order chi connectivity index (χ1) is 6.95. The molecule has 0 fully saturated rings. The third-order valence-corrected chi connectivity index (χ3v) is 3.15. The van der Waals surface area contributed by atoms with Crippen LogP contribution in [-0.4, -0.2) is 47.2 Å². The normalized spacial score (nSPS) is 16.4. The van der Waals surface area contributed by atoms with Crippen molar-refractivity contribution in [1.29, 1.82) is 0 Å². The Labute approximate surface area is 92.3 Å². The molecule has 0 rings (SSSR count). The summed E-state index contributed by atoms with van der Waals surface area (Å²) in [6, 6.07) is 0. The zero-order chi connectivity index (χ0) is 11.9. The minimum atomic E-state index is -0.494. The van der Waals surface area contributed by atoms with Gasteiger partial charge in [-0.1, -0.05) is 13.8 Å². The summed E-state index contributed by atoms with van der Waals surface area (Å²) in [5, 5.41) is 30.5. The Balaban J connectivity index is 4.20. The molecule has 92 valence electrons. The van der Waals surface area contributed by atoms with E-state index in [1.54, 1.807) is 0 Å². The van der Waals surface area contributed by atoms with Gasteiger partial charge in [0.05, 0.1) is 13.2 Å². The molecule has 0 aromatic heterocycles. The van der Waals surface area contributed by atoms with Crippen molar-refractivity contribution in [1.82, 2.24) is 5.32 Å². The van der Waals surface area contributed by atoms with Crippen LogP contribution in [0.3, 0.4) is 0 Å². The summed E-state index contributed by atoms with van der Waals surface area (Å²) in [6.07, 6.45) is 1.58. The Morgan fingerprint density at radius 1 is 1.07 bits per heavy atom. The van der Waals surface area contributed by atoms with Gasteiger partial charge in [0.25, 0.3) is 0 Å². The molecular formula is C11H25NO3. The molecule has 4 heteroatoms. The lowest BCUT2D eigenvalue weighted by Gasteiger charge is -2.34.